The van der Waals surface area contributed by atoms with E-state index in [1.165, 1.54) is 6.92 Å². The van der Waals surface area contributed by atoms with Crippen LogP contribution in [0, 0.1) is 0 Å². The van der Waals surface area contributed by atoms with Crippen LogP contribution in [0.5, 0.6) is 0 Å². The first kappa shape index (κ1) is 11.6. The second-order valence-corrected chi connectivity index (χ2v) is 3.95. The molecule has 0 spiro atoms. The van der Waals surface area contributed by atoms with Crippen molar-refractivity contribution in [1.82, 2.24) is 0 Å². The molecule has 0 amide bonds. The lowest BCUT2D eigenvalue weighted by atomic mass is 10.1. The lowest BCUT2D eigenvalue weighted by Crippen LogP contribution is -2.03. The number of nitrogens with two attached hydrogens (primary N) is 1. The SMILES string of the molecule is CC(F)c1ccc(CCON)cc1Br. The van der Waals surface area contributed by atoms with E-state index in [9.17, 15) is 4.39 Å². The van der Waals surface area contributed by atoms with E-state index in [0.717, 1.165) is 16.5 Å². The van der Waals surface area contributed by atoms with Crippen molar-refractivity contribution in [2.75, 3.05) is 6.61 Å². The molecule has 4 heteroatoms. The van der Waals surface area contributed by atoms with Crippen LogP contribution in [0.15, 0.2) is 22.7 Å². The molecule has 0 aromatic heterocycles. The third-order valence-electron chi connectivity index (χ3n) is 2.00. The van der Waals surface area contributed by atoms with E-state index in [1.54, 1.807) is 6.07 Å². The monoisotopic (exact) mass is 261 g/mol. The van der Waals surface area contributed by atoms with Gasteiger partial charge in [0.15, 0.2) is 0 Å². The van der Waals surface area contributed by atoms with Crippen molar-refractivity contribution < 1.29 is 9.23 Å². The molecule has 0 heterocycles. The predicted molar refractivity (Wildman–Crippen MR) is 57.5 cm³/mol. The van der Waals surface area contributed by atoms with Crippen LogP contribution >= 0.6 is 15.9 Å². The normalized spacial score (nSPS) is 12.9. The Bertz CT molecular complexity index is 304. The molecular weight excluding hydrogens is 249 g/mol. The van der Waals surface area contributed by atoms with Crippen molar-refractivity contribution in [3.63, 3.8) is 0 Å². The Morgan fingerprint density at radius 3 is 2.79 bits per heavy atom. The average molecular weight is 262 g/mol. The van der Waals surface area contributed by atoms with Crippen LogP contribution in [0.2, 0.25) is 0 Å². The van der Waals surface area contributed by atoms with Gasteiger partial charge in [-0.3, -0.25) is 0 Å². The summed E-state index contributed by atoms with van der Waals surface area (Å²) in [7, 11) is 0. The summed E-state index contributed by atoms with van der Waals surface area (Å²) < 4.78 is 13.8. The number of hydrogen-bond donors (Lipinski definition) is 1. The number of alkyl halides is 1. The van der Waals surface area contributed by atoms with Gasteiger partial charge in [-0.25, -0.2) is 10.3 Å². The maximum atomic E-state index is 13.0. The molecule has 1 atom stereocenters. The van der Waals surface area contributed by atoms with Gasteiger partial charge in [0.2, 0.25) is 0 Å². The minimum atomic E-state index is -0.954. The quantitative estimate of drug-likeness (QED) is 0.847. The molecule has 0 aliphatic rings. The van der Waals surface area contributed by atoms with Gasteiger partial charge in [-0.05, 0) is 30.5 Å². The molecule has 1 rings (SSSR count). The van der Waals surface area contributed by atoms with Crippen LogP contribution in [0.1, 0.15) is 24.2 Å². The fraction of sp³-hybridized carbons (Fsp3) is 0.400. The number of rotatable bonds is 4. The molecule has 1 unspecified atom stereocenters. The van der Waals surface area contributed by atoms with E-state index < -0.39 is 6.17 Å². The van der Waals surface area contributed by atoms with Crippen LogP contribution < -0.4 is 5.90 Å². The van der Waals surface area contributed by atoms with Crippen molar-refractivity contribution in [3.8, 4) is 0 Å². The van der Waals surface area contributed by atoms with Crippen molar-refractivity contribution >= 4 is 15.9 Å². The van der Waals surface area contributed by atoms with Crippen molar-refractivity contribution in [3.05, 3.63) is 33.8 Å². The number of hydrogen-bond acceptors (Lipinski definition) is 2. The highest BCUT2D eigenvalue weighted by molar-refractivity contribution is 9.10. The van der Waals surface area contributed by atoms with Crippen LogP contribution in [0.4, 0.5) is 4.39 Å². The highest BCUT2D eigenvalue weighted by Gasteiger charge is 2.07. The van der Waals surface area contributed by atoms with E-state index in [4.69, 9.17) is 5.90 Å². The summed E-state index contributed by atoms with van der Waals surface area (Å²) in [5, 5.41) is 0. The molecule has 0 aliphatic carbocycles. The first-order valence-corrected chi connectivity index (χ1v) is 5.18. The largest absolute Gasteiger partial charge is 0.304 e. The smallest absolute Gasteiger partial charge is 0.123 e. The molecule has 0 bridgehead atoms. The average Bonchev–Trinajstić information content (AvgIpc) is 2.14. The van der Waals surface area contributed by atoms with E-state index in [1.807, 2.05) is 12.1 Å². The van der Waals surface area contributed by atoms with Gasteiger partial charge in [-0.2, -0.15) is 0 Å². The molecule has 0 saturated carbocycles. The second-order valence-electron chi connectivity index (χ2n) is 3.09. The maximum absolute atomic E-state index is 13.0. The molecule has 0 fully saturated rings. The summed E-state index contributed by atoms with van der Waals surface area (Å²) in [4.78, 5) is 4.47. The lowest BCUT2D eigenvalue weighted by molar-refractivity contribution is 0.141. The first-order chi connectivity index (χ1) is 6.65. The maximum Gasteiger partial charge on any atom is 0.123 e. The van der Waals surface area contributed by atoms with Crippen LogP contribution in [-0.4, -0.2) is 6.61 Å². The first-order valence-electron chi connectivity index (χ1n) is 4.39. The summed E-state index contributed by atoms with van der Waals surface area (Å²) in [6.45, 7) is 1.99. The van der Waals surface area contributed by atoms with Crippen molar-refractivity contribution in [2.24, 2.45) is 5.90 Å². The van der Waals surface area contributed by atoms with Gasteiger partial charge < -0.3 is 4.84 Å². The van der Waals surface area contributed by atoms with E-state index >= 15 is 0 Å². The van der Waals surface area contributed by atoms with Crippen LogP contribution in [0.25, 0.3) is 0 Å². The minimum Gasteiger partial charge on any atom is -0.304 e. The molecule has 0 radical (unpaired) electrons. The summed E-state index contributed by atoms with van der Waals surface area (Å²) >= 11 is 3.33. The summed E-state index contributed by atoms with van der Waals surface area (Å²) in [6, 6.07) is 5.56. The third-order valence-corrected chi connectivity index (χ3v) is 2.69. The predicted octanol–water partition coefficient (Wildman–Crippen LogP) is 2.91. The summed E-state index contributed by atoms with van der Waals surface area (Å²) in [6.07, 6.45) is -0.222. The molecular formula is C10H13BrFNO. The Hall–Kier alpha value is -0.450. The molecule has 0 saturated heterocycles. The lowest BCUT2D eigenvalue weighted by Gasteiger charge is -2.07. The Labute approximate surface area is 91.3 Å². The fourth-order valence-corrected chi connectivity index (χ4v) is 1.97. The highest BCUT2D eigenvalue weighted by Crippen LogP contribution is 2.26. The number of benzene rings is 1. The molecule has 14 heavy (non-hydrogen) atoms. The minimum absolute atomic E-state index is 0.469. The van der Waals surface area contributed by atoms with Gasteiger partial charge >= 0.3 is 0 Å². The van der Waals surface area contributed by atoms with E-state index in [2.05, 4.69) is 20.8 Å². The summed E-state index contributed by atoms with van der Waals surface area (Å²) in [5.41, 5.74) is 1.74. The zero-order valence-corrected chi connectivity index (χ0v) is 9.55. The topological polar surface area (TPSA) is 35.2 Å². The standard InChI is InChI=1S/C10H13BrFNO/c1-7(12)9-3-2-8(4-5-14-13)6-10(9)11/h2-3,6-7H,4-5,13H2,1H3. The molecule has 1 aromatic carbocycles. The molecule has 2 N–H and O–H groups in total. The Morgan fingerprint density at radius 2 is 2.29 bits per heavy atom. The van der Waals surface area contributed by atoms with Gasteiger partial charge in [0.1, 0.15) is 6.17 Å². The molecule has 0 aliphatic heterocycles. The Kier molecular flexibility index (Phi) is 4.51. The molecule has 78 valence electrons. The molecule has 2 nitrogen and oxygen atoms in total. The second kappa shape index (κ2) is 5.44. The van der Waals surface area contributed by atoms with Gasteiger partial charge in [-0.1, -0.05) is 28.1 Å². The van der Waals surface area contributed by atoms with Gasteiger partial charge in [-0.15, -0.1) is 0 Å². The highest BCUT2D eigenvalue weighted by atomic mass is 79.9. The Balaban J connectivity index is 2.78. The zero-order valence-electron chi connectivity index (χ0n) is 7.97. The third kappa shape index (κ3) is 3.04. The van der Waals surface area contributed by atoms with Crippen molar-refractivity contribution in [1.29, 1.82) is 0 Å². The van der Waals surface area contributed by atoms with Gasteiger partial charge in [0, 0.05) is 4.47 Å². The molecule has 1 aromatic rings. The zero-order chi connectivity index (χ0) is 10.6. The fourth-order valence-electron chi connectivity index (χ4n) is 1.23. The Morgan fingerprint density at radius 1 is 1.57 bits per heavy atom. The summed E-state index contributed by atoms with van der Waals surface area (Å²) in [5.74, 6) is 4.92. The van der Waals surface area contributed by atoms with E-state index in [0.29, 0.717) is 12.2 Å². The van der Waals surface area contributed by atoms with Gasteiger partial charge in [0.05, 0.1) is 6.61 Å². The number of halogens is 2. The van der Waals surface area contributed by atoms with Gasteiger partial charge in [0.25, 0.3) is 0 Å². The van der Waals surface area contributed by atoms with Crippen molar-refractivity contribution in [2.45, 2.75) is 19.5 Å². The van der Waals surface area contributed by atoms with E-state index in [-0.39, 0.29) is 0 Å². The van der Waals surface area contributed by atoms with Crippen LogP contribution in [-0.2, 0) is 11.3 Å². The van der Waals surface area contributed by atoms with Crippen LogP contribution in [0.3, 0.4) is 0 Å².